The van der Waals surface area contributed by atoms with Crippen molar-refractivity contribution in [3.63, 3.8) is 0 Å². The van der Waals surface area contributed by atoms with Gasteiger partial charge in [0.1, 0.15) is 11.6 Å². The molecule has 2 saturated heterocycles. The summed E-state index contributed by atoms with van der Waals surface area (Å²) in [5.74, 6) is -1.46. The summed E-state index contributed by atoms with van der Waals surface area (Å²) >= 11 is 1.38. The van der Waals surface area contributed by atoms with Crippen molar-refractivity contribution in [3.05, 3.63) is 69.0 Å². The summed E-state index contributed by atoms with van der Waals surface area (Å²) in [6.07, 6.45) is 0.638. The molecule has 0 spiro atoms. The van der Waals surface area contributed by atoms with Crippen molar-refractivity contribution in [3.8, 4) is 6.07 Å². The lowest BCUT2D eigenvalue weighted by molar-refractivity contribution is -0.146. The van der Waals surface area contributed by atoms with Crippen LogP contribution in [0.15, 0.2) is 41.1 Å². The zero-order valence-corrected chi connectivity index (χ0v) is 23.7. The lowest BCUT2D eigenvalue weighted by Crippen LogP contribution is -2.51. The number of hydrogen-bond acceptors (Lipinski definition) is 9. The Kier molecular flexibility index (Phi) is 8.78. The van der Waals surface area contributed by atoms with E-state index in [1.54, 1.807) is 26.6 Å². The molecular weight excluding hydrogens is 542 g/mol. The Morgan fingerprint density at radius 1 is 1.17 bits per heavy atom. The van der Waals surface area contributed by atoms with E-state index in [1.807, 2.05) is 31.2 Å². The topological polar surface area (TPSA) is 147 Å². The molecule has 12 heteroatoms. The van der Waals surface area contributed by atoms with Gasteiger partial charge in [0.2, 0.25) is 11.8 Å². The second kappa shape index (κ2) is 12.6. The number of anilines is 1. The van der Waals surface area contributed by atoms with Gasteiger partial charge >= 0.3 is 0 Å². The Balaban J connectivity index is 1.46. The van der Waals surface area contributed by atoms with Crippen LogP contribution in [0.4, 0.5) is 5.82 Å². The molecule has 41 heavy (non-hydrogen) atoms. The maximum atomic E-state index is 13.8. The molecule has 2 fully saturated rings. The molecule has 5 rings (SSSR count). The van der Waals surface area contributed by atoms with Crippen molar-refractivity contribution in [1.82, 2.24) is 19.6 Å². The number of aromatic nitrogens is 2. The molecule has 2 amide bonds. The molecular formula is C29H33N7O4S. The maximum absolute atomic E-state index is 13.8. The lowest BCUT2D eigenvalue weighted by Gasteiger charge is -2.37. The molecule has 3 N–H and O–H groups in total. The Morgan fingerprint density at radius 2 is 1.90 bits per heavy atom. The molecule has 4 heterocycles. The Labute approximate surface area is 242 Å². The Bertz CT molecular complexity index is 1440. The van der Waals surface area contributed by atoms with E-state index >= 15 is 0 Å². The first-order valence-corrected chi connectivity index (χ1v) is 14.6. The van der Waals surface area contributed by atoms with Crippen LogP contribution in [0.25, 0.3) is 0 Å². The number of rotatable bonds is 8. The highest BCUT2D eigenvalue weighted by atomic mass is 32.1. The first-order valence-electron chi connectivity index (χ1n) is 13.7. The number of carbonyl (C=O) groups excluding carboxylic acids is 3. The molecule has 2 aliphatic rings. The number of ether oxygens (including phenoxy) is 1. The molecule has 1 aromatic carbocycles. The van der Waals surface area contributed by atoms with Crippen LogP contribution in [0.2, 0.25) is 0 Å². The number of hydrogen-bond donors (Lipinski definition) is 2. The monoisotopic (exact) mass is 575 g/mol. The first kappa shape index (κ1) is 28.5. The number of nitrogens with zero attached hydrogens (tertiary/aromatic N) is 5. The van der Waals surface area contributed by atoms with Crippen LogP contribution >= 0.6 is 11.3 Å². The highest BCUT2D eigenvalue weighted by Crippen LogP contribution is 2.37. The van der Waals surface area contributed by atoms with Crippen molar-refractivity contribution in [2.75, 3.05) is 44.7 Å². The summed E-state index contributed by atoms with van der Waals surface area (Å²) in [6, 6.07) is 11.6. The average molecular weight is 576 g/mol. The predicted octanol–water partition coefficient (Wildman–Crippen LogP) is 2.39. The number of piperidine rings is 1. The molecule has 0 bridgehead atoms. The second-order valence-electron chi connectivity index (χ2n) is 10.3. The van der Waals surface area contributed by atoms with Crippen LogP contribution in [0.1, 0.15) is 52.0 Å². The molecule has 2 aliphatic heterocycles. The predicted molar refractivity (Wildman–Crippen MR) is 153 cm³/mol. The van der Waals surface area contributed by atoms with Gasteiger partial charge in [-0.2, -0.15) is 26.4 Å². The number of nitriles is 1. The van der Waals surface area contributed by atoms with E-state index in [2.05, 4.69) is 16.5 Å². The molecule has 11 nitrogen and oxygen atoms in total. The lowest BCUT2D eigenvalue weighted by atomic mass is 9.82. The maximum Gasteiger partial charge on any atom is 0.280 e. The molecule has 214 valence electrons. The van der Waals surface area contributed by atoms with Gasteiger partial charge in [-0.05, 0) is 34.9 Å². The first-order chi connectivity index (χ1) is 19.9. The number of likely N-dealkylation sites (tertiary alicyclic amines) is 1. The standard InChI is InChI=1S/C29H33N7O4S/c1-19-6-8-35(17-24(37)34-9-11-40-12-10-34)29(39)25(19)26-23(15-31)27(32-16-21-4-2-20(14-30)3-5-21)36(33-26)28(38)22-7-13-41-18-22/h2-5,7,13,18-19,25,32H,6,8-12,14,16-17,30H2,1H3. The van der Waals surface area contributed by atoms with E-state index in [4.69, 9.17) is 10.5 Å². The zero-order chi connectivity index (χ0) is 28.9. The van der Waals surface area contributed by atoms with Gasteiger partial charge in [-0.15, -0.1) is 0 Å². The number of benzene rings is 1. The summed E-state index contributed by atoms with van der Waals surface area (Å²) in [5, 5.41) is 21.7. The largest absolute Gasteiger partial charge is 0.378 e. The Morgan fingerprint density at radius 3 is 2.56 bits per heavy atom. The number of amides is 2. The van der Waals surface area contributed by atoms with Crippen LogP contribution in [0.3, 0.4) is 0 Å². The van der Waals surface area contributed by atoms with Crippen LogP contribution in [0.5, 0.6) is 0 Å². The van der Waals surface area contributed by atoms with Crippen molar-refractivity contribution in [1.29, 1.82) is 5.26 Å². The van der Waals surface area contributed by atoms with E-state index in [0.29, 0.717) is 57.9 Å². The molecule has 2 aromatic heterocycles. The molecule has 0 saturated carbocycles. The summed E-state index contributed by atoms with van der Waals surface area (Å²) in [7, 11) is 0. The molecule has 3 aromatic rings. The van der Waals surface area contributed by atoms with Gasteiger partial charge in [0.15, 0.2) is 5.82 Å². The summed E-state index contributed by atoms with van der Waals surface area (Å²) in [4.78, 5) is 43.6. The van der Waals surface area contributed by atoms with Crippen LogP contribution < -0.4 is 11.1 Å². The average Bonchev–Trinajstić information content (AvgIpc) is 3.67. The number of nitrogens with two attached hydrogens (primary N) is 1. The summed E-state index contributed by atoms with van der Waals surface area (Å²) in [6.45, 7) is 5.06. The van der Waals surface area contributed by atoms with Crippen LogP contribution in [-0.2, 0) is 27.4 Å². The normalized spacial score (nSPS) is 19.2. The quantitative estimate of drug-likeness (QED) is 0.416. The van der Waals surface area contributed by atoms with Crippen molar-refractivity contribution in [2.24, 2.45) is 11.7 Å². The van der Waals surface area contributed by atoms with Crippen LogP contribution in [0, 0.1) is 17.2 Å². The van der Waals surface area contributed by atoms with Gasteiger partial charge in [-0.25, -0.2) is 0 Å². The van der Waals surface area contributed by atoms with Gasteiger partial charge in [0.05, 0.1) is 36.9 Å². The summed E-state index contributed by atoms with van der Waals surface area (Å²) < 4.78 is 6.54. The fraction of sp³-hybridized carbons (Fsp3) is 0.414. The van der Waals surface area contributed by atoms with Gasteiger partial charge in [-0.3, -0.25) is 14.4 Å². The van der Waals surface area contributed by atoms with Gasteiger partial charge in [0.25, 0.3) is 5.91 Å². The molecule has 0 radical (unpaired) electrons. The molecule has 2 atom stereocenters. The summed E-state index contributed by atoms with van der Waals surface area (Å²) in [5.41, 5.74) is 8.47. The van der Waals surface area contributed by atoms with E-state index in [0.717, 1.165) is 11.1 Å². The number of thiophene rings is 1. The van der Waals surface area contributed by atoms with Crippen LogP contribution in [-0.4, -0.2) is 76.7 Å². The minimum absolute atomic E-state index is 0.0393. The SMILES string of the molecule is CC1CCN(CC(=O)N2CCOCC2)C(=O)C1c1nn(C(=O)c2ccsc2)c(NCc2ccc(CN)cc2)c1C#N. The Hall–Kier alpha value is -4.05. The van der Waals surface area contributed by atoms with Crippen molar-refractivity contribution in [2.45, 2.75) is 32.4 Å². The highest BCUT2D eigenvalue weighted by molar-refractivity contribution is 7.08. The van der Waals surface area contributed by atoms with Crippen molar-refractivity contribution < 1.29 is 19.1 Å². The van der Waals surface area contributed by atoms with Gasteiger partial charge in [0, 0.05) is 38.1 Å². The fourth-order valence-electron chi connectivity index (χ4n) is 5.26. The smallest absolute Gasteiger partial charge is 0.280 e. The van der Waals surface area contributed by atoms with E-state index in [9.17, 15) is 19.6 Å². The number of carbonyl (C=O) groups is 3. The van der Waals surface area contributed by atoms with E-state index in [1.165, 1.54) is 16.0 Å². The number of morpholine rings is 1. The zero-order valence-electron chi connectivity index (χ0n) is 22.9. The minimum Gasteiger partial charge on any atom is -0.378 e. The second-order valence-corrected chi connectivity index (χ2v) is 11.1. The third-order valence-electron chi connectivity index (χ3n) is 7.69. The molecule has 0 aliphatic carbocycles. The van der Waals surface area contributed by atoms with Gasteiger partial charge < -0.3 is 25.6 Å². The minimum atomic E-state index is -0.767. The third-order valence-corrected chi connectivity index (χ3v) is 8.37. The molecule has 2 unspecified atom stereocenters. The third kappa shape index (κ3) is 6.02. The van der Waals surface area contributed by atoms with E-state index < -0.39 is 11.8 Å². The van der Waals surface area contributed by atoms with E-state index in [-0.39, 0.29) is 41.4 Å². The number of nitrogens with one attached hydrogen (secondary N) is 1. The fourth-order valence-corrected chi connectivity index (χ4v) is 5.89. The van der Waals surface area contributed by atoms with Gasteiger partial charge in [-0.1, -0.05) is 31.2 Å². The highest BCUT2D eigenvalue weighted by Gasteiger charge is 2.41. The van der Waals surface area contributed by atoms with Crippen molar-refractivity contribution >= 4 is 34.9 Å².